The first kappa shape index (κ1) is 37.5. The molecule has 0 aromatic heterocycles. The van der Waals surface area contributed by atoms with Crippen molar-refractivity contribution in [2.75, 3.05) is 4.90 Å². The van der Waals surface area contributed by atoms with Crippen LogP contribution in [-0.2, 0) is 10.8 Å². The lowest BCUT2D eigenvalue weighted by Gasteiger charge is -2.32. The number of benzene rings is 10. The number of anilines is 3. The first-order chi connectivity index (χ1) is 32.0. The minimum Gasteiger partial charge on any atom is -0.310 e. The summed E-state index contributed by atoms with van der Waals surface area (Å²) in [7, 11) is 0. The maximum absolute atomic E-state index is 2.46. The van der Waals surface area contributed by atoms with Crippen molar-refractivity contribution in [2.24, 2.45) is 0 Å². The van der Waals surface area contributed by atoms with E-state index < -0.39 is 5.41 Å². The topological polar surface area (TPSA) is 3.24 Å². The normalized spacial score (nSPS) is 13.9. The minimum absolute atomic E-state index is 0.125. The summed E-state index contributed by atoms with van der Waals surface area (Å²) in [5.74, 6) is 0. The minimum atomic E-state index is -0.413. The molecule has 0 amide bonds. The Hall–Kier alpha value is -8.00. The summed E-state index contributed by atoms with van der Waals surface area (Å²) in [5, 5.41) is 0. The lowest BCUT2D eigenvalue weighted by Crippen LogP contribution is -2.26. The molecule has 10 aromatic carbocycles. The third kappa shape index (κ3) is 5.39. The molecule has 1 nitrogen and oxygen atoms in total. The summed E-state index contributed by atoms with van der Waals surface area (Å²) >= 11 is 0. The first-order valence-electron chi connectivity index (χ1n) is 22.8. The number of nitrogens with zero attached hydrogens (tertiary/aromatic N) is 1. The highest BCUT2D eigenvalue weighted by Crippen LogP contribution is 2.64. The van der Waals surface area contributed by atoms with Gasteiger partial charge in [0.1, 0.15) is 0 Å². The number of hydrogen-bond donors (Lipinski definition) is 0. The summed E-state index contributed by atoms with van der Waals surface area (Å²) in [4.78, 5) is 2.46. The van der Waals surface area contributed by atoms with E-state index in [1.54, 1.807) is 0 Å². The number of rotatable bonds is 6. The fourth-order valence-electron chi connectivity index (χ4n) is 11.8. The molecule has 3 aliphatic rings. The van der Waals surface area contributed by atoms with Crippen LogP contribution in [0.15, 0.2) is 237 Å². The molecule has 1 spiro atoms. The molecule has 0 saturated carbocycles. The number of para-hydroxylation sites is 1. The van der Waals surface area contributed by atoms with Gasteiger partial charge in [0.25, 0.3) is 0 Å². The summed E-state index contributed by atoms with van der Waals surface area (Å²) in [5.41, 5.74) is 26.2. The van der Waals surface area contributed by atoms with Crippen molar-refractivity contribution >= 4 is 17.1 Å². The monoisotopic (exact) mass is 827 g/mol. The molecule has 0 unspecified atom stereocenters. The smallest absolute Gasteiger partial charge is 0.0731 e. The molecule has 65 heavy (non-hydrogen) atoms. The largest absolute Gasteiger partial charge is 0.310 e. The predicted molar refractivity (Wildman–Crippen MR) is 271 cm³/mol. The van der Waals surface area contributed by atoms with Crippen LogP contribution in [0.3, 0.4) is 0 Å². The Morgan fingerprint density at radius 1 is 0.277 bits per heavy atom. The van der Waals surface area contributed by atoms with Gasteiger partial charge < -0.3 is 4.90 Å². The molecule has 13 rings (SSSR count). The molecular formula is C64H45N. The van der Waals surface area contributed by atoms with Gasteiger partial charge in [-0.1, -0.05) is 220 Å². The Balaban J connectivity index is 0.955. The van der Waals surface area contributed by atoms with E-state index in [4.69, 9.17) is 0 Å². The van der Waals surface area contributed by atoms with Crippen molar-refractivity contribution in [3.8, 4) is 66.8 Å². The van der Waals surface area contributed by atoms with E-state index in [1.807, 2.05) is 0 Å². The Morgan fingerprint density at radius 2 is 0.692 bits per heavy atom. The van der Waals surface area contributed by atoms with Crippen LogP contribution in [0.2, 0.25) is 0 Å². The second-order valence-corrected chi connectivity index (χ2v) is 18.4. The highest BCUT2D eigenvalue weighted by molar-refractivity contribution is 5.99. The van der Waals surface area contributed by atoms with E-state index in [2.05, 4.69) is 255 Å². The third-order valence-corrected chi connectivity index (χ3v) is 14.7. The second kappa shape index (κ2) is 14.3. The number of fused-ring (bicyclic) bond motifs is 13. The maximum atomic E-state index is 2.46. The fraction of sp³-hybridized carbons (Fsp3) is 0.0625. The van der Waals surface area contributed by atoms with Crippen LogP contribution in [-0.4, -0.2) is 0 Å². The molecule has 3 aliphatic carbocycles. The van der Waals surface area contributed by atoms with E-state index >= 15 is 0 Å². The fourth-order valence-corrected chi connectivity index (χ4v) is 11.8. The molecule has 0 N–H and O–H groups in total. The molecular weight excluding hydrogens is 783 g/mol. The van der Waals surface area contributed by atoms with Crippen molar-refractivity contribution in [3.63, 3.8) is 0 Å². The maximum Gasteiger partial charge on any atom is 0.0731 e. The summed E-state index contributed by atoms with van der Waals surface area (Å²) in [6, 6.07) is 88.1. The molecule has 0 radical (unpaired) electrons. The van der Waals surface area contributed by atoms with E-state index in [-0.39, 0.29) is 5.41 Å². The van der Waals surface area contributed by atoms with Crippen LogP contribution in [0, 0.1) is 0 Å². The van der Waals surface area contributed by atoms with Gasteiger partial charge in [0.05, 0.1) is 11.1 Å². The van der Waals surface area contributed by atoms with Gasteiger partial charge in [-0.3, -0.25) is 0 Å². The van der Waals surface area contributed by atoms with E-state index in [0.29, 0.717) is 0 Å². The zero-order valence-corrected chi connectivity index (χ0v) is 36.5. The first-order valence-corrected chi connectivity index (χ1v) is 22.8. The highest BCUT2D eigenvalue weighted by Gasteiger charge is 2.52. The van der Waals surface area contributed by atoms with Crippen LogP contribution in [0.25, 0.3) is 66.8 Å². The average Bonchev–Trinajstić information content (AvgIpc) is 3.93. The zero-order valence-electron chi connectivity index (χ0n) is 36.5. The van der Waals surface area contributed by atoms with Crippen molar-refractivity contribution in [1.29, 1.82) is 0 Å². The number of hydrogen-bond acceptors (Lipinski definition) is 1. The van der Waals surface area contributed by atoms with Crippen LogP contribution in [0.5, 0.6) is 0 Å². The summed E-state index contributed by atoms with van der Waals surface area (Å²) in [6.45, 7) is 4.73. The van der Waals surface area contributed by atoms with Gasteiger partial charge in [0.2, 0.25) is 0 Å². The Morgan fingerprint density at radius 3 is 1.32 bits per heavy atom. The van der Waals surface area contributed by atoms with Gasteiger partial charge in [0, 0.05) is 22.4 Å². The van der Waals surface area contributed by atoms with Crippen molar-refractivity contribution < 1.29 is 0 Å². The molecule has 0 aliphatic heterocycles. The van der Waals surface area contributed by atoms with Gasteiger partial charge in [-0.15, -0.1) is 0 Å². The Bertz CT molecular complexity index is 3440. The van der Waals surface area contributed by atoms with Gasteiger partial charge in [-0.25, -0.2) is 0 Å². The predicted octanol–water partition coefficient (Wildman–Crippen LogP) is 16.8. The van der Waals surface area contributed by atoms with Gasteiger partial charge in [-0.2, -0.15) is 0 Å². The van der Waals surface area contributed by atoms with Gasteiger partial charge >= 0.3 is 0 Å². The van der Waals surface area contributed by atoms with Crippen molar-refractivity contribution in [3.05, 3.63) is 270 Å². The van der Waals surface area contributed by atoms with E-state index in [1.165, 1.54) is 100 Å². The van der Waals surface area contributed by atoms with Crippen LogP contribution >= 0.6 is 0 Å². The average molecular weight is 828 g/mol. The molecule has 1 heteroatoms. The second-order valence-electron chi connectivity index (χ2n) is 18.4. The van der Waals surface area contributed by atoms with E-state index in [0.717, 1.165) is 17.1 Å². The summed E-state index contributed by atoms with van der Waals surface area (Å²) < 4.78 is 0. The SMILES string of the molecule is CC1(C)c2ccccc2-c2ccc(N(c3ccc(-c4ccccc4)cc3)c3ccccc3-c3ccc(-c4cccc5c4C4(c6ccccc6-c6ccccc64)c4ccccc4-5)cc3)cc21. The molecule has 0 atom stereocenters. The van der Waals surface area contributed by atoms with Gasteiger partial charge in [0.15, 0.2) is 0 Å². The Labute approximate surface area is 381 Å². The molecule has 0 saturated heterocycles. The lowest BCUT2D eigenvalue weighted by atomic mass is 9.68. The van der Waals surface area contributed by atoms with Crippen LogP contribution in [0.4, 0.5) is 17.1 Å². The highest BCUT2D eigenvalue weighted by atomic mass is 15.1. The molecule has 0 heterocycles. The molecule has 0 bridgehead atoms. The standard InChI is InChI=1S/C64H45N/c1-63(2)56-26-11-6-20-50(56)54-40-39-47(41-60(54)63)65(46-37-35-43(36-38-46)42-17-4-3-5-18-42)61-30-15-10-19-48(61)44-31-33-45(34-32-44)49-24-16-25-55-53-23-9-14-29-59(53)64(62(49)55)57-27-12-7-21-51(57)52-22-8-13-28-58(52)64/h3-41H,1-2H3. The third-order valence-electron chi connectivity index (χ3n) is 14.7. The molecule has 10 aromatic rings. The summed E-state index contributed by atoms with van der Waals surface area (Å²) in [6.07, 6.45) is 0. The molecule has 306 valence electrons. The van der Waals surface area contributed by atoms with Crippen LogP contribution < -0.4 is 4.90 Å². The van der Waals surface area contributed by atoms with Crippen molar-refractivity contribution in [2.45, 2.75) is 24.7 Å². The quantitative estimate of drug-likeness (QED) is 0.161. The van der Waals surface area contributed by atoms with E-state index in [9.17, 15) is 0 Å². The molecule has 0 fully saturated rings. The van der Waals surface area contributed by atoms with Crippen LogP contribution in [0.1, 0.15) is 47.2 Å². The zero-order chi connectivity index (χ0) is 43.3. The van der Waals surface area contributed by atoms with Gasteiger partial charge in [-0.05, 0) is 125 Å². The van der Waals surface area contributed by atoms with Crippen molar-refractivity contribution in [1.82, 2.24) is 0 Å². The Kier molecular flexibility index (Phi) is 8.24. The lowest BCUT2D eigenvalue weighted by molar-refractivity contribution is 0.660.